The summed E-state index contributed by atoms with van der Waals surface area (Å²) in [6, 6.07) is 8.97. The highest BCUT2D eigenvalue weighted by atomic mass is 16.7. The molecule has 7 nitrogen and oxygen atoms in total. The van der Waals surface area contributed by atoms with Crippen LogP contribution in [-0.2, 0) is 0 Å². The second kappa shape index (κ2) is 6.60. The zero-order valence-corrected chi connectivity index (χ0v) is 14.1. The van der Waals surface area contributed by atoms with Gasteiger partial charge in [-0.05, 0) is 37.4 Å². The first kappa shape index (κ1) is 15.7. The van der Waals surface area contributed by atoms with Crippen molar-refractivity contribution in [2.45, 2.75) is 0 Å². The number of pyridine rings is 1. The second-order valence-electron chi connectivity index (χ2n) is 6.22. The van der Waals surface area contributed by atoms with E-state index in [1.165, 1.54) is 0 Å². The highest BCUT2D eigenvalue weighted by molar-refractivity contribution is 6.04. The number of hydrogen-bond donors (Lipinski definition) is 1. The normalized spacial score (nSPS) is 16.8. The Morgan fingerprint density at radius 2 is 1.88 bits per heavy atom. The van der Waals surface area contributed by atoms with Gasteiger partial charge >= 0.3 is 0 Å². The molecule has 3 heterocycles. The summed E-state index contributed by atoms with van der Waals surface area (Å²) in [5.41, 5.74) is 1.19. The van der Waals surface area contributed by atoms with Gasteiger partial charge < -0.3 is 24.6 Å². The summed E-state index contributed by atoms with van der Waals surface area (Å²) >= 11 is 0. The summed E-state index contributed by atoms with van der Waals surface area (Å²) in [7, 11) is 2.12. The van der Waals surface area contributed by atoms with Gasteiger partial charge in [0.05, 0.1) is 11.9 Å². The molecular weight excluding hydrogens is 320 g/mol. The van der Waals surface area contributed by atoms with Crippen LogP contribution < -0.4 is 19.7 Å². The lowest BCUT2D eigenvalue weighted by Crippen LogP contribution is -2.44. The molecular formula is C18H20N4O3. The molecule has 1 aromatic heterocycles. The van der Waals surface area contributed by atoms with Crippen molar-refractivity contribution in [3.8, 4) is 11.5 Å². The van der Waals surface area contributed by atoms with E-state index in [0.717, 1.165) is 32.0 Å². The maximum atomic E-state index is 12.4. The molecule has 0 atom stereocenters. The third-order valence-corrected chi connectivity index (χ3v) is 4.47. The lowest BCUT2D eigenvalue weighted by atomic mass is 10.2. The molecule has 0 unspecified atom stereocenters. The fourth-order valence-corrected chi connectivity index (χ4v) is 2.92. The Morgan fingerprint density at radius 3 is 2.64 bits per heavy atom. The molecule has 130 valence electrons. The van der Waals surface area contributed by atoms with Crippen LogP contribution in [0.5, 0.6) is 11.5 Å². The number of likely N-dealkylation sites (N-methyl/N-ethyl adjacent to an activating group) is 1. The van der Waals surface area contributed by atoms with E-state index in [0.29, 0.717) is 22.7 Å². The number of piperazine rings is 1. The number of rotatable bonds is 3. The van der Waals surface area contributed by atoms with Crippen molar-refractivity contribution in [1.82, 2.24) is 9.88 Å². The number of nitrogens with one attached hydrogen (secondary N) is 1. The highest BCUT2D eigenvalue weighted by Crippen LogP contribution is 2.32. The molecule has 1 amide bonds. The SMILES string of the molecule is CN1CCN(c2ccc(NC(=O)c3ccc4c(c3)OCO4)cn2)CC1. The van der Waals surface area contributed by atoms with E-state index >= 15 is 0 Å². The second-order valence-corrected chi connectivity index (χ2v) is 6.22. The van der Waals surface area contributed by atoms with Crippen LogP contribution in [0.25, 0.3) is 0 Å². The molecule has 1 fully saturated rings. The van der Waals surface area contributed by atoms with Crippen LogP contribution in [0.2, 0.25) is 0 Å². The van der Waals surface area contributed by atoms with Crippen molar-refractivity contribution in [3.63, 3.8) is 0 Å². The van der Waals surface area contributed by atoms with E-state index in [2.05, 4.69) is 27.1 Å². The van der Waals surface area contributed by atoms with Gasteiger partial charge in [-0.1, -0.05) is 0 Å². The van der Waals surface area contributed by atoms with Gasteiger partial charge in [-0.2, -0.15) is 0 Å². The molecule has 25 heavy (non-hydrogen) atoms. The number of carbonyl (C=O) groups is 1. The smallest absolute Gasteiger partial charge is 0.255 e. The quantitative estimate of drug-likeness (QED) is 0.919. The molecule has 2 aliphatic heterocycles. The van der Waals surface area contributed by atoms with Crippen LogP contribution in [-0.4, -0.2) is 55.8 Å². The van der Waals surface area contributed by atoms with Crippen molar-refractivity contribution >= 4 is 17.4 Å². The molecule has 0 aliphatic carbocycles. The van der Waals surface area contributed by atoms with E-state index in [1.807, 2.05) is 12.1 Å². The molecule has 0 radical (unpaired) electrons. The lowest BCUT2D eigenvalue weighted by molar-refractivity contribution is 0.102. The first-order valence-electron chi connectivity index (χ1n) is 8.29. The number of benzene rings is 1. The van der Waals surface area contributed by atoms with E-state index in [-0.39, 0.29) is 12.7 Å². The first-order valence-corrected chi connectivity index (χ1v) is 8.29. The minimum Gasteiger partial charge on any atom is -0.454 e. The molecule has 1 saturated heterocycles. The van der Waals surface area contributed by atoms with Crippen molar-refractivity contribution < 1.29 is 14.3 Å². The third-order valence-electron chi connectivity index (χ3n) is 4.47. The summed E-state index contributed by atoms with van der Waals surface area (Å²) in [6.45, 7) is 4.19. The maximum absolute atomic E-state index is 12.4. The highest BCUT2D eigenvalue weighted by Gasteiger charge is 2.17. The van der Waals surface area contributed by atoms with Crippen LogP contribution in [0.1, 0.15) is 10.4 Å². The van der Waals surface area contributed by atoms with Crippen LogP contribution in [0.4, 0.5) is 11.5 Å². The Kier molecular flexibility index (Phi) is 4.15. The van der Waals surface area contributed by atoms with Crippen LogP contribution >= 0.6 is 0 Å². The van der Waals surface area contributed by atoms with E-state index < -0.39 is 0 Å². The van der Waals surface area contributed by atoms with Gasteiger partial charge in [0.25, 0.3) is 5.91 Å². The van der Waals surface area contributed by atoms with Crippen molar-refractivity contribution in [1.29, 1.82) is 0 Å². The monoisotopic (exact) mass is 340 g/mol. The summed E-state index contributed by atoms with van der Waals surface area (Å²) < 4.78 is 10.6. The number of fused-ring (bicyclic) bond motifs is 1. The van der Waals surface area contributed by atoms with Gasteiger partial charge in [-0.3, -0.25) is 4.79 Å². The summed E-state index contributed by atoms with van der Waals surface area (Å²) in [4.78, 5) is 21.4. The van der Waals surface area contributed by atoms with Crippen molar-refractivity contribution in [2.75, 3.05) is 50.2 Å². The Morgan fingerprint density at radius 1 is 1.08 bits per heavy atom. The standard InChI is InChI=1S/C18H20N4O3/c1-21-6-8-22(9-7-21)17-5-3-14(11-19-17)20-18(23)13-2-4-15-16(10-13)25-12-24-15/h2-5,10-11H,6-9,12H2,1H3,(H,20,23). The Balaban J connectivity index is 1.41. The van der Waals surface area contributed by atoms with Crippen molar-refractivity contribution in [3.05, 3.63) is 42.1 Å². The van der Waals surface area contributed by atoms with E-state index in [9.17, 15) is 4.79 Å². The van der Waals surface area contributed by atoms with E-state index in [4.69, 9.17) is 9.47 Å². The molecule has 1 aromatic carbocycles. The number of amides is 1. The molecule has 7 heteroatoms. The molecule has 2 aliphatic rings. The predicted octanol–water partition coefficient (Wildman–Crippen LogP) is 1.81. The van der Waals surface area contributed by atoms with Crippen LogP contribution in [0.15, 0.2) is 36.5 Å². The molecule has 1 N–H and O–H groups in total. The van der Waals surface area contributed by atoms with Crippen LogP contribution in [0, 0.1) is 0 Å². The number of carbonyl (C=O) groups excluding carboxylic acids is 1. The molecule has 0 spiro atoms. The fourth-order valence-electron chi connectivity index (χ4n) is 2.92. The topological polar surface area (TPSA) is 66.9 Å². The van der Waals surface area contributed by atoms with Gasteiger partial charge in [0.1, 0.15) is 5.82 Å². The number of anilines is 2. The number of ether oxygens (including phenoxy) is 2. The number of nitrogens with zero attached hydrogens (tertiary/aromatic N) is 3. The minimum atomic E-state index is -0.201. The average molecular weight is 340 g/mol. The Bertz CT molecular complexity index is 770. The number of aromatic nitrogens is 1. The van der Waals surface area contributed by atoms with Gasteiger partial charge in [-0.25, -0.2) is 4.98 Å². The Labute approximate surface area is 146 Å². The van der Waals surface area contributed by atoms with Gasteiger partial charge in [-0.15, -0.1) is 0 Å². The molecule has 0 saturated carbocycles. The van der Waals surface area contributed by atoms with Gasteiger partial charge in [0.2, 0.25) is 6.79 Å². The maximum Gasteiger partial charge on any atom is 0.255 e. The van der Waals surface area contributed by atoms with Crippen molar-refractivity contribution in [2.24, 2.45) is 0 Å². The van der Waals surface area contributed by atoms with Crippen LogP contribution in [0.3, 0.4) is 0 Å². The summed E-state index contributed by atoms with van der Waals surface area (Å²) in [5.74, 6) is 1.99. The Hall–Kier alpha value is -2.80. The minimum absolute atomic E-state index is 0.193. The van der Waals surface area contributed by atoms with Gasteiger partial charge in [0.15, 0.2) is 11.5 Å². The van der Waals surface area contributed by atoms with E-state index in [1.54, 1.807) is 24.4 Å². The molecule has 4 rings (SSSR count). The van der Waals surface area contributed by atoms with Gasteiger partial charge in [0, 0.05) is 31.7 Å². The predicted molar refractivity (Wildman–Crippen MR) is 94.5 cm³/mol. The summed E-state index contributed by atoms with van der Waals surface area (Å²) in [6.07, 6.45) is 1.69. The first-order chi connectivity index (χ1) is 12.2. The zero-order valence-electron chi connectivity index (χ0n) is 14.1. The average Bonchev–Trinajstić information content (AvgIpc) is 3.11. The summed E-state index contributed by atoms with van der Waals surface area (Å²) in [5, 5.41) is 2.86. The fraction of sp³-hybridized carbons (Fsp3) is 0.333. The third kappa shape index (κ3) is 3.36. The number of hydrogen-bond acceptors (Lipinski definition) is 6. The zero-order chi connectivity index (χ0) is 17.2. The largest absolute Gasteiger partial charge is 0.454 e. The molecule has 2 aromatic rings. The lowest BCUT2D eigenvalue weighted by Gasteiger charge is -2.33. The molecule has 0 bridgehead atoms.